The number of carbonyl (C=O) groups is 2. The molecule has 1 saturated heterocycles. The van der Waals surface area contributed by atoms with E-state index in [1.54, 1.807) is 24.3 Å². The zero-order valence-electron chi connectivity index (χ0n) is 21.8. The third-order valence-electron chi connectivity index (χ3n) is 5.98. The maximum Gasteiger partial charge on any atom is 0.573 e. The Bertz CT molecular complexity index is 1600. The summed E-state index contributed by atoms with van der Waals surface area (Å²) in [4.78, 5) is 35.1. The second-order valence-corrected chi connectivity index (χ2v) is 10.2. The Labute approximate surface area is 237 Å². The fraction of sp³-hybridized carbons (Fsp3) is 0.179. The van der Waals surface area contributed by atoms with Crippen molar-refractivity contribution in [2.45, 2.75) is 26.1 Å². The molecule has 41 heavy (non-hydrogen) atoms. The Morgan fingerprint density at radius 2 is 1.78 bits per heavy atom. The molecule has 2 heterocycles. The van der Waals surface area contributed by atoms with Crippen molar-refractivity contribution in [1.82, 2.24) is 14.8 Å². The number of urea groups is 1. The Balaban J connectivity index is 1.25. The zero-order valence-corrected chi connectivity index (χ0v) is 22.6. The van der Waals surface area contributed by atoms with Gasteiger partial charge in [-0.1, -0.05) is 37.7 Å². The summed E-state index contributed by atoms with van der Waals surface area (Å²) < 4.78 is 42.4. The van der Waals surface area contributed by atoms with Crippen LogP contribution in [-0.4, -0.2) is 44.0 Å². The fourth-order valence-electron chi connectivity index (χ4n) is 3.98. The molecule has 4 aromatic rings. The van der Waals surface area contributed by atoms with Gasteiger partial charge in [0.25, 0.3) is 0 Å². The van der Waals surface area contributed by atoms with Crippen molar-refractivity contribution in [2.75, 3.05) is 16.0 Å². The largest absolute Gasteiger partial charge is 0.573 e. The van der Waals surface area contributed by atoms with E-state index < -0.39 is 12.4 Å². The number of amidine groups is 1. The Morgan fingerprint density at radius 3 is 2.46 bits per heavy atom. The molecule has 0 atom stereocenters. The van der Waals surface area contributed by atoms with Crippen molar-refractivity contribution < 1.29 is 27.5 Å². The average molecular weight is 581 g/mol. The van der Waals surface area contributed by atoms with Gasteiger partial charge in [-0.15, -0.1) is 18.3 Å². The molecule has 9 nitrogen and oxygen atoms in total. The van der Waals surface area contributed by atoms with Gasteiger partial charge >= 0.3 is 12.4 Å². The van der Waals surface area contributed by atoms with Crippen LogP contribution in [0.5, 0.6) is 5.75 Å². The lowest BCUT2D eigenvalue weighted by molar-refractivity contribution is -0.274. The second-order valence-electron chi connectivity index (χ2n) is 9.22. The number of alkyl halides is 3. The Hall–Kier alpha value is -4.65. The smallest absolute Gasteiger partial charge is 0.406 e. The van der Waals surface area contributed by atoms with Crippen LogP contribution in [-0.2, 0) is 4.79 Å². The van der Waals surface area contributed by atoms with Gasteiger partial charge in [0, 0.05) is 11.3 Å². The van der Waals surface area contributed by atoms with Gasteiger partial charge in [0.1, 0.15) is 12.1 Å². The van der Waals surface area contributed by atoms with E-state index in [1.165, 1.54) is 51.9 Å². The maximum atomic E-state index is 12.7. The predicted molar refractivity (Wildman–Crippen MR) is 150 cm³/mol. The molecule has 0 bridgehead atoms. The summed E-state index contributed by atoms with van der Waals surface area (Å²) in [7, 11) is 0. The molecule has 210 valence electrons. The normalized spacial score (nSPS) is 14.6. The first-order valence-electron chi connectivity index (χ1n) is 12.4. The standard InChI is InChI=1S/C28H23F3N6O3S/c1-17(2)19-4-3-5-22(14-19)37-24(38)15-41-27(37)34-26(39)33-20-8-6-18(7-9-20)25-32-16-36(35-25)21-10-12-23(13-11-21)40-28(29,30)31/h3-14,16-17H,15H2,1-2H3,(H,33,39)/b34-27-. The first-order chi connectivity index (χ1) is 19.6. The van der Waals surface area contributed by atoms with Crippen LogP contribution >= 0.6 is 11.8 Å². The number of amides is 3. The number of carbonyl (C=O) groups excluding carboxylic acids is 2. The van der Waals surface area contributed by atoms with Gasteiger partial charge in [-0.2, -0.15) is 4.99 Å². The first-order valence-corrected chi connectivity index (χ1v) is 13.4. The van der Waals surface area contributed by atoms with Gasteiger partial charge in [-0.05, 0) is 72.1 Å². The van der Waals surface area contributed by atoms with Gasteiger partial charge in [-0.3, -0.25) is 9.69 Å². The molecular formula is C28H23F3N6O3S. The van der Waals surface area contributed by atoms with E-state index >= 15 is 0 Å². The fourth-order valence-corrected chi connectivity index (χ4v) is 4.85. The number of hydrogen-bond acceptors (Lipinski definition) is 6. The van der Waals surface area contributed by atoms with Crippen LogP contribution in [0.1, 0.15) is 25.3 Å². The summed E-state index contributed by atoms with van der Waals surface area (Å²) >= 11 is 1.20. The summed E-state index contributed by atoms with van der Waals surface area (Å²) in [5, 5.41) is 7.37. The lowest BCUT2D eigenvalue weighted by Crippen LogP contribution is -2.30. The quantitative estimate of drug-likeness (QED) is 0.275. The summed E-state index contributed by atoms with van der Waals surface area (Å²) in [5.41, 5.74) is 3.36. The van der Waals surface area contributed by atoms with Crippen LogP contribution < -0.4 is 15.0 Å². The van der Waals surface area contributed by atoms with Gasteiger partial charge in [0.2, 0.25) is 5.91 Å². The van der Waals surface area contributed by atoms with Crippen molar-refractivity contribution in [1.29, 1.82) is 0 Å². The number of thioether (sulfide) groups is 1. The minimum Gasteiger partial charge on any atom is -0.406 e. The van der Waals surface area contributed by atoms with Gasteiger partial charge in [0.05, 0.1) is 17.1 Å². The highest BCUT2D eigenvalue weighted by Gasteiger charge is 2.31. The number of halogens is 3. The van der Waals surface area contributed by atoms with Crippen molar-refractivity contribution in [2.24, 2.45) is 4.99 Å². The molecular weight excluding hydrogens is 557 g/mol. The first kappa shape index (κ1) is 27.9. The highest BCUT2D eigenvalue weighted by Crippen LogP contribution is 2.29. The third kappa shape index (κ3) is 6.74. The minimum atomic E-state index is -4.77. The van der Waals surface area contributed by atoms with Crippen LogP contribution in [0.25, 0.3) is 17.1 Å². The molecule has 0 unspecified atom stereocenters. The van der Waals surface area contributed by atoms with E-state index in [0.29, 0.717) is 33.6 Å². The number of hydrogen-bond donors (Lipinski definition) is 1. The second kappa shape index (κ2) is 11.5. The van der Waals surface area contributed by atoms with Gasteiger partial charge < -0.3 is 10.1 Å². The summed E-state index contributed by atoms with van der Waals surface area (Å²) in [5.74, 6) is 0.362. The number of nitrogens with zero attached hydrogens (tertiary/aromatic N) is 5. The molecule has 0 aliphatic carbocycles. The highest BCUT2D eigenvalue weighted by molar-refractivity contribution is 8.15. The molecule has 3 amide bonds. The minimum absolute atomic E-state index is 0.149. The number of aliphatic imine (C=N–C) groups is 1. The lowest BCUT2D eigenvalue weighted by atomic mass is 10.0. The van der Waals surface area contributed by atoms with E-state index in [1.807, 2.05) is 24.3 Å². The molecule has 0 radical (unpaired) electrons. The summed E-state index contributed by atoms with van der Waals surface area (Å²) in [6, 6.07) is 19.0. The van der Waals surface area contributed by atoms with E-state index in [2.05, 4.69) is 39.0 Å². The van der Waals surface area contributed by atoms with Gasteiger partial charge in [0.15, 0.2) is 11.0 Å². The number of aromatic nitrogens is 3. The zero-order chi connectivity index (χ0) is 29.1. The molecule has 5 rings (SSSR count). The maximum absolute atomic E-state index is 12.7. The third-order valence-corrected chi connectivity index (χ3v) is 6.90. The molecule has 1 aliphatic heterocycles. The van der Waals surface area contributed by atoms with Crippen LogP contribution in [0.2, 0.25) is 0 Å². The highest BCUT2D eigenvalue weighted by atomic mass is 32.2. The van der Waals surface area contributed by atoms with Crippen molar-refractivity contribution in [3.8, 4) is 22.8 Å². The molecule has 1 aliphatic rings. The number of anilines is 2. The van der Waals surface area contributed by atoms with E-state index in [4.69, 9.17) is 0 Å². The van der Waals surface area contributed by atoms with E-state index in [9.17, 15) is 22.8 Å². The van der Waals surface area contributed by atoms with Gasteiger partial charge in [-0.25, -0.2) is 14.5 Å². The summed E-state index contributed by atoms with van der Waals surface area (Å²) in [6.45, 7) is 4.13. The molecule has 0 spiro atoms. The van der Waals surface area contributed by atoms with Crippen LogP contribution in [0, 0.1) is 0 Å². The lowest BCUT2D eigenvalue weighted by Gasteiger charge is -2.17. The molecule has 1 aromatic heterocycles. The van der Waals surface area contributed by atoms with Crippen molar-refractivity contribution in [3.63, 3.8) is 0 Å². The monoisotopic (exact) mass is 580 g/mol. The number of ether oxygens (including phenoxy) is 1. The van der Waals surface area contributed by atoms with Crippen molar-refractivity contribution in [3.05, 3.63) is 84.7 Å². The van der Waals surface area contributed by atoms with Crippen LogP contribution in [0.15, 0.2) is 84.1 Å². The Morgan fingerprint density at radius 1 is 1.05 bits per heavy atom. The molecule has 3 aromatic carbocycles. The molecule has 1 fully saturated rings. The number of nitrogens with one attached hydrogen (secondary N) is 1. The number of rotatable bonds is 6. The SMILES string of the molecule is CC(C)c1cccc(N2C(=O)CS/C2=N\C(=O)Nc2ccc(-c3ncn(-c4ccc(OC(F)(F)F)cc4)n3)cc2)c1. The number of benzene rings is 3. The Kier molecular flexibility index (Phi) is 7.79. The van der Waals surface area contributed by atoms with Crippen LogP contribution in [0.3, 0.4) is 0 Å². The average Bonchev–Trinajstić information content (AvgIpc) is 3.56. The summed E-state index contributed by atoms with van der Waals surface area (Å²) in [6.07, 6.45) is -3.33. The molecule has 1 N–H and O–H groups in total. The molecule has 13 heteroatoms. The predicted octanol–water partition coefficient (Wildman–Crippen LogP) is 6.62. The van der Waals surface area contributed by atoms with E-state index in [0.717, 1.165) is 5.56 Å². The molecule has 0 saturated carbocycles. The van der Waals surface area contributed by atoms with E-state index in [-0.39, 0.29) is 23.3 Å². The van der Waals surface area contributed by atoms with Crippen LogP contribution in [0.4, 0.5) is 29.3 Å². The topological polar surface area (TPSA) is 102 Å². The van der Waals surface area contributed by atoms with Crippen molar-refractivity contribution >= 4 is 40.2 Å².